The van der Waals surface area contributed by atoms with Crippen LogP contribution >= 0.6 is 12.2 Å². The molecule has 2 aromatic carbocycles. The summed E-state index contributed by atoms with van der Waals surface area (Å²) in [7, 11) is 0. The van der Waals surface area contributed by atoms with E-state index in [1.54, 1.807) is 6.07 Å². The van der Waals surface area contributed by atoms with E-state index >= 15 is 0 Å². The number of rotatable bonds is 7. The topological polar surface area (TPSA) is 18.5 Å². The molecule has 2 unspecified atom stereocenters. The summed E-state index contributed by atoms with van der Waals surface area (Å²) in [5.41, 5.74) is 2.60. The average molecular weight is 405 g/mol. The summed E-state index contributed by atoms with van der Waals surface area (Å²) >= 11 is 5.42. The maximum atomic E-state index is 14.6. The van der Waals surface area contributed by atoms with Gasteiger partial charge in [0.1, 0.15) is 6.10 Å². The van der Waals surface area contributed by atoms with E-state index in [0.717, 1.165) is 24.8 Å². The molecule has 2 nitrogen and oxygen atoms in total. The molecule has 3 rings (SSSR count). The van der Waals surface area contributed by atoms with Crippen LogP contribution in [0.4, 0.5) is 8.78 Å². The molecule has 0 aliphatic carbocycles. The van der Waals surface area contributed by atoms with Gasteiger partial charge in [-0.2, -0.15) is 4.39 Å². The first kappa shape index (κ1) is 20.7. The predicted molar refractivity (Wildman–Crippen MR) is 111 cm³/mol. The second kappa shape index (κ2) is 9.46. The second-order valence-corrected chi connectivity index (χ2v) is 7.58. The van der Waals surface area contributed by atoms with Crippen molar-refractivity contribution in [3.05, 3.63) is 64.7 Å². The van der Waals surface area contributed by atoms with Gasteiger partial charge in [0.25, 0.3) is 0 Å². The van der Waals surface area contributed by atoms with Gasteiger partial charge in [0, 0.05) is 5.56 Å². The summed E-state index contributed by atoms with van der Waals surface area (Å²) in [6.45, 7) is 4.41. The third-order valence-corrected chi connectivity index (χ3v) is 5.45. The van der Waals surface area contributed by atoms with Crippen LogP contribution in [0.5, 0.6) is 5.75 Å². The third-order valence-electron chi connectivity index (χ3n) is 5.06. The van der Waals surface area contributed by atoms with Gasteiger partial charge in [0.05, 0.1) is 12.5 Å². The molecule has 1 fully saturated rings. The Hall–Kier alpha value is -2.01. The first-order valence-electron chi connectivity index (χ1n) is 9.95. The van der Waals surface area contributed by atoms with Crippen LogP contribution in [-0.4, -0.2) is 11.7 Å². The van der Waals surface area contributed by atoms with Crippen molar-refractivity contribution in [2.45, 2.75) is 58.0 Å². The number of halogens is 2. The van der Waals surface area contributed by atoms with Crippen LogP contribution in [0.1, 0.15) is 68.2 Å². The summed E-state index contributed by atoms with van der Waals surface area (Å²) in [6, 6.07) is 11.4. The van der Waals surface area contributed by atoms with Gasteiger partial charge in [-0.25, -0.2) is 4.39 Å². The summed E-state index contributed by atoms with van der Waals surface area (Å²) in [5, 5.41) is 0.314. The Kier molecular flexibility index (Phi) is 7.00. The summed E-state index contributed by atoms with van der Waals surface area (Å²) < 4.78 is 40.1. The Bertz CT molecular complexity index is 820. The first-order chi connectivity index (χ1) is 13.5. The number of benzene rings is 2. The van der Waals surface area contributed by atoms with E-state index in [-0.39, 0.29) is 17.4 Å². The van der Waals surface area contributed by atoms with Crippen LogP contribution in [-0.2, 0) is 11.2 Å². The molecule has 0 radical (unpaired) electrons. The fourth-order valence-electron chi connectivity index (χ4n) is 3.56. The number of thiocarbonyl (C=S) groups is 1. The van der Waals surface area contributed by atoms with E-state index in [1.807, 2.05) is 6.92 Å². The molecule has 1 aliphatic heterocycles. The van der Waals surface area contributed by atoms with E-state index in [0.29, 0.717) is 24.5 Å². The molecule has 0 spiro atoms. The van der Waals surface area contributed by atoms with Crippen molar-refractivity contribution in [1.82, 2.24) is 0 Å². The largest absolute Gasteiger partial charge is 0.490 e. The lowest BCUT2D eigenvalue weighted by atomic mass is 9.88. The lowest BCUT2D eigenvalue weighted by molar-refractivity contribution is 0.149. The highest BCUT2D eigenvalue weighted by molar-refractivity contribution is 7.80. The Morgan fingerprint density at radius 3 is 2.39 bits per heavy atom. The molecular weight excluding hydrogens is 378 g/mol. The van der Waals surface area contributed by atoms with Crippen LogP contribution in [0.15, 0.2) is 36.4 Å². The molecular formula is C23H26F2O2S. The van der Waals surface area contributed by atoms with Gasteiger partial charge >= 0.3 is 0 Å². The normalized spacial score (nSPS) is 19.4. The maximum absolute atomic E-state index is 14.6. The van der Waals surface area contributed by atoms with Crippen LogP contribution in [0, 0.1) is 11.6 Å². The lowest BCUT2D eigenvalue weighted by Crippen LogP contribution is -2.25. The molecule has 0 saturated carbocycles. The number of hydrogen-bond donors (Lipinski definition) is 0. The average Bonchev–Trinajstić information content (AvgIpc) is 2.70. The molecule has 28 heavy (non-hydrogen) atoms. The highest BCUT2D eigenvalue weighted by Crippen LogP contribution is 2.39. The Morgan fingerprint density at radius 1 is 1.00 bits per heavy atom. The molecule has 2 aromatic rings. The predicted octanol–water partition coefficient (Wildman–Crippen LogP) is 6.67. The van der Waals surface area contributed by atoms with Gasteiger partial charge in [-0.15, -0.1) is 0 Å². The molecule has 0 amide bonds. The molecule has 150 valence electrons. The van der Waals surface area contributed by atoms with E-state index < -0.39 is 17.6 Å². The first-order valence-corrected chi connectivity index (χ1v) is 10.4. The minimum absolute atomic E-state index is 0.0595. The molecule has 0 aromatic heterocycles. The third kappa shape index (κ3) is 4.52. The minimum atomic E-state index is -0.956. The Balaban J connectivity index is 1.72. The highest BCUT2D eigenvalue weighted by Gasteiger charge is 2.32. The van der Waals surface area contributed by atoms with Crippen molar-refractivity contribution in [3.8, 4) is 5.75 Å². The van der Waals surface area contributed by atoms with Gasteiger partial charge in [-0.1, -0.05) is 50.6 Å². The summed E-state index contributed by atoms with van der Waals surface area (Å²) in [5.74, 6) is -2.34. The second-order valence-electron chi connectivity index (χ2n) is 7.18. The van der Waals surface area contributed by atoms with Crippen molar-refractivity contribution in [3.63, 3.8) is 0 Å². The molecule has 0 bridgehead atoms. The number of ether oxygens (including phenoxy) is 2. The van der Waals surface area contributed by atoms with Crippen molar-refractivity contribution >= 4 is 17.3 Å². The van der Waals surface area contributed by atoms with Crippen molar-refractivity contribution < 1.29 is 18.3 Å². The van der Waals surface area contributed by atoms with Crippen molar-refractivity contribution in [1.29, 1.82) is 0 Å². The van der Waals surface area contributed by atoms with Gasteiger partial charge in [0.2, 0.25) is 5.82 Å². The van der Waals surface area contributed by atoms with Crippen LogP contribution in [0.2, 0.25) is 0 Å². The van der Waals surface area contributed by atoms with Crippen molar-refractivity contribution in [2.75, 3.05) is 6.61 Å². The zero-order chi connectivity index (χ0) is 20.1. The van der Waals surface area contributed by atoms with E-state index in [2.05, 4.69) is 31.2 Å². The lowest BCUT2D eigenvalue weighted by Gasteiger charge is -2.31. The monoisotopic (exact) mass is 404 g/mol. The van der Waals surface area contributed by atoms with Crippen molar-refractivity contribution in [2.24, 2.45) is 0 Å². The molecule has 1 heterocycles. The molecule has 5 heteroatoms. The van der Waals surface area contributed by atoms with Crippen LogP contribution < -0.4 is 4.74 Å². The molecule has 1 saturated heterocycles. The fourth-order valence-corrected chi connectivity index (χ4v) is 3.92. The van der Waals surface area contributed by atoms with Crippen LogP contribution in [0.25, 0.3) is 0 Å². The SMILES string of the molecule is CCCOc1ccc(C2CCC(c3ccc(CCC)cc3)OC2=S)c(F)c1F. The van der Waals surface area contributed by atoms with Crippen LogP contribution in [0.3, 0.4) is 0 Å². The van der Waals surface area contributed by atoms with Gasteiger partial charge in [0.15, 0.2) is 16.6 Å². The highest BCUT2D eigenvalue weighted by atomic mass is 32.1. The Morgan fingerprint density at radius 2 is 1.75 bits per heavy atom. The summed E-state index contributed by atoms with van der Waals surface area (Å²) in [6.07, 6.45) is 4.06. The molecule has 2 atom stereocenters. The Labute approximate surface area is 170 Å². The van der Waals surface area contributed by atoms with Gasteiger partial charge < -0.3 is 9.47 Å². The zero-order valence-corrected chi connectivity index (χ0v) is 17.2. The molecule has 0 N–H and O–H groups in total. The smallest absolute Gasteiger partial charge is 0.200 e. The number of aryl methyl sites for hydroxylation is 1. The van der Waals surface area contributed by atoms with Gasteiger partial charge in [-0.3, -0.25) is 0 Å². The van der Waals surface area contributed by atoms with E-state index in [1.165, 1.54) is 11.6 Å². The fraction of sp³-hybridized carbons (Fsp3) is 0.435. The standard InChI is InChI=1S/C23H26F2O2S/c1-3-5-15-6-8-16(9-7-15)19-12-11-18(23(28)27-19)17-10-13-20(26-14-4-2)22(25)21(17)24/h6-10,13,18-19H,3-5,11-12,14H2,1-2H3. The maximum Gasteiger partial charge on any atom is 0.200 e. The number of hydrogen-bond acceptors (Lipinski definition) is 3. The zero-order valence-electron chi connectivity index (χ0n) is 16.3. The molecule has 1 aliphatic rings. The quantitative estimate of drug-likeness (QED) is 0.480. The minimum Gasteiger partial charge on any atom is -0.490 e. The van der Waals surface area contributed by atoms with Gasteiger partial charge in [-0.05, 0) is 55.1 Å². The summed E-state index contributed by atoms with van der Waals surface area (Å²) in [4.78, 5) is 0. The van der Waals surface area contributed by atoms with E-state index in [4.69, 9.17) is 21.7 Å². The van der Waals surface area contributed by atoms with E-state index in [9.17, 15) is 8.78 Å².